The zero-order valence-corrected chi connectivity index (χ0v) is 14.7. The van der Waals surface area contributed by atoms with E-state index in [9.17, 15) is 14.7 Å². The zero-order valence-electron chi connectivity index (χ0n) is 14.7. The molecule has 2 N–H and O–H groups in total. The van der Waals surface area contributed by atoms with Crippen LogP contribution < -0.4 is 5.32 Å². The van der Waals surface area contributed by atoms with E-state index in [1.807, 2.05) is 35.2 Å². The molecule has 1 aromatic rings. The normalized spacial score (nSPS) is 22.6. The van der Waals surface area contributed by atoms with Crippen molar-refractivity contribution in [1.29, 1.82) is 0 Å². The highest BCUT2D eigenvalue weighted by molar-refractivity contribution is 5.80. The second-order valence-electron chi connectivity index (χ2n) is 7.30. The predicted molar refractivity (Wildman–Crippen MR) is 95.7 cm³/mol. The van der Waals surface area contributed by atoms with E-state index in [4.69, 9.17) is 0 Å². The number of nitrogens with one attached hydrogen (secondary N) is 1. The van der Waals surface area contributed by atoms with Crippen molar-refractivity contribution in [1.82, 2.24) is 10.2 Å². The van der Waals surface area contributed by atoms with Gasteiger partial charge in [0.05, 0.1) is 12.5 Å². The van der Waals surface area contributed by atoms with Gasteiger partial charge in [-0.3, -0.25) is 9.59 Å². The molecule has 1 saturated carbocycles. The van der Waals surface area contributed by atoms with Gasteiger partial charge in [-0.15, -0.1) is 0 Å². The maximum absolute atomic E-state index is 12.6. The molecule has 1 aromatic carbocycles. The lowest BCUT2D eigenvalue weighted by Crippen LogP contribution is -2.40. The molecule has 0 bridgehead atoms. The first-order valence-corrected chi connectivity index (χ1v) is 9.44. The lowest BCUT2D eigenvalue weighted by Gasteiger charge is -2.26. The molecule has 1 saturated heterocycles. The summed E-state index contributed by atoms with van der Waals surface area (Å²) in [6.45, 7) is 1.32. The summed E-state index contributed by atoms with van der Waals surface area (Å²) >= 11 is 0. The van der Waals surface area contributed by atoms with E-state index in [1.165, 1.54) is 6.42 Å². The van der Waals surface area contributed by atoms with Crippen LogP contribution in [-0.2, 0) is 9.59 Å². The zero-order chi connectivity index (χ0) is 17.6. The standard InChI is InChI=1S/C20H28N2O3/c23-18(15-7-3-1-4-8-15)13-19(24)21-17-11-12-22(14-17)20(25)16-9-5-2-6-10-16/h1,3-4,7-8,16-18,23H,2,5-6,9-14H2,(H,21,24). The molecule has 2 atom stereocenters. The first-order valence-electron chi connectivity index (χ1n) is 9.44. The van der Waals surface area contributed by atoms with Gasteiger partial charge in [0.15, 0.2) is 0 Å². The minimum Gasteiger partial charge on any atom is -0.388 e. The molecule has 2 unspecified atom stereocenters. The Morgan fingerprint density at radius 3 is 2.56 bits per heavy atom. The first kappa shape index (κ1) is 17.9. The van der Waals surface area contributed by atoms with Crippen molar-refractivity contribution in [2.45, 2.75) is 57.1 Å². The van der Waals surface area contributed by atoms with E-state index in [1.54, 1.807) is 0 Å². The fraction of sp³-hybridized carbons (Fsp3) is 0.600. The van der Waals surface area contributed by atoms with Gasteiger partial charge < -0.3 is 15.3 Å². The minimum atomic E-state index is -0.789. The number of nitrogens with zero attached hydrogens (tertiary/aromatic N) is 1. The summed E-state index contributed by atoms with van der Waals surface area (Å²) < 4.78 is 0. The van der Waals surface area contributed by atoms with E-state index in [0.29, 0.717) is 6.54 Å². The molecule has 2 fully saturated rings. The molecule has 3 rings (SSSR count). The molecular formula is C20H28N2O3. The van der Waals surface area contributed by atoms with Crippen LogP contribution >= 0.6 is 0 Å². The van der Waals surface area contributed by atoms with Crippen molar-refractivity contribution in [2.24, 2.45) is 5.92 Å². The third-order valence-corrected chi connectivity index (χ3v) is 5.38. The second kappa shape index (κ2) is 8.48. The minimum absolute atomic E-state index is 0.00279. The lowest BCUT2D eigenvalue weighted by atomic mass is 9.88. The van der Waals surface area contributed by atoms with E-state index in [2.05, 4.69) is 5.32 Å². The fourth-order valence-corrected chi connectivity index (χ4v) is 3.94. The number of hydrogen-bond acceptors (Lipinski definition) is 3. The van der Waals surface area contributed by atoms with Gasteiger partial charge in [-0.2, -0.15) is 0 Å². The lowest BCUT2D eigenvalue weighted by molar-refractivity contribution is -0.135. The molecule has 1 aliphatic carbocycles. The summed E-state index contributed by atoms with van der Waals surface area (Å²) in [6, 6.07) is 9.22. The summed E-state index contributed by atoms with van der Waals surface area (Å²) in [5.41, 5.74) is 0.748. The van der Waals surface area contributed by atoms with Crippen LogP contribution in [0.1, 0.15) is 56.6 Å². The number of benzene rings is 1. The van der Waals surface area contributed by atoms with Crippen LogP contribution in [0.3, 0.4) is 0 Å². The van der Waals surface area contributed by atoms with Crippen molar-refractivity contribution < 1.29 is 14.7 Å². The number of carbonyl (C=O) groups is 2. The second-order valence-corrected chi connectivity index (χ2v) is 7.30. The Morgan fingerprint density at radius 1 is 1.12 bits per heavy atom. The first-order chi connectivity index (χ1) is 12.1. The number of aliphatic hydroxyl groups excluding tert-OH is 1. The van der Waals surface area contributed by atoms with E-state index in [-0.39, 0.29) is 30.2 Å². The van der Waals surface area contributed by atoms with Gasteiger partial charge in [0.1, 0.15) is 0 Å². The van der Waals surface area contributed by atoms with Crippen molar-refractivity contribution >= 4 is 11.8 Å². The van der Waals surface area contributed by atoms with Gasteiger partial charge in [0.2, 0.25) is 11.8 Å². The Labute approximate surface area is 149 Å². The number of likely N-dealkylation sites (tertiary alicyclic amines) is 1. The van der Waals surface area contributed by atoms with Crippen LogP contribution in [0.25, 0.3) is 0 Å². The van der Waals surface area contributed by atoms with Crippen molar-refractivity contribution in [2.75, 3.05) is 13.1 Å². The summed E-state index contributed by atoms with van der Waals surface area (Å²) in [4.78, 5) is 26.7. The Bertz CT molecular complexity index is 584. The van der Waals surface area contributed by atoms with Crippen molar-refractivity contribution in [3.8, 4) is 0 Å². The van der Waals surface area contributed by atoms with Gasteiger partial charge >= 0.3 is 0 Å². The maximum atomic E-state index is 12.6. The SMILES string of the molecule is O=C(CC(O)c1ccccc1)NC1CCN(C(=O)C2CCCCC2)C1. The van der Waals surface area contributed by atoms with Gasteiger partial charge in [-0.1, -0.05) is 49.6 Å². The average Bonchev–Trinajstić information content (AvgIpc) is 3.10. The fourth-order valence-electron chi connectivity index (χ4n) is 3.94. The van der Waals surface area contributed by atoms with Crippen molar-refractivity contribution in [3.63, 3.8) is 0 Å². The van der Waals surface area contributed by atoms with Crippen LogP contribution in [0.2, 0.25) is 0 Å². The predicted octanol–water partition coefficient (Wildman–Crippen LogP) is 2.41. The topological polar surface area (TPSA) is 69.6 Å². The van der Waals surface area contributed by atoms with Gasteiger partial charge in [-0.05, 0) is 24.8 Å². The number of rotatable bonds is 5. The van der Waals surface area contributed by atoms with Crippen LogP contribution in [0.5, 0.6) is 0 Å². The summed E-state index contributed by atoms with van der Waals surface area (Å²) in [6.07, 6.45) is 5.63. The molecule has 1 aliphatic heterocycles. The molecule has 0 radical (unpaired) electrons. The van der Waals surface area contributed by atoms with Crippen LogP contribution in [0, 0.1) is 5.92 Å². The third-order valence-electron chi connectivity index (χ3n) is 5.38. The monoisotopic (exact) mass is 344 g/mol. The summed E-state index contributed by atoms with van der Waals surface area (Å²) in [5, 5.41) is 13.1. The average molecular weight is 344 g/mol. The number of hydrogen-bond donors (Lipinski definition) is 2. The largest absolute Gasteiger partial charge is 0.388 e. The molecule has 5 heteroatoms. The van der Waals surface area contributed by atoms with Gasteiger partial charge in [-0.25, -0.2) is 0 Å². The van der Waals surface area contributed by atoms with Crippen molar-refractivity contribution in [3.05, 3.63) is 35.9 Å². The number of carbonyl (C=O) groups excluding carboxylic acids is 2. The summed E-state index contributed by atoms with van der Waals surface area (Å²) in [5.74, 6) is 0.289. The van der Waals surface area contributed by atoms with Crippen LogP contribution in [0.15, 0.2) is 30.3 Å². The third kappa shape index (κ3) is 4.82. The summed E-state index contributed by atoms with van der Waals surface area (Å²) in [7, 11) is 0. The molecule has 1 heterocycles. The molecule has 0 aromatic heterocycles. The van der Waals surface area contributed by atoms with E-state index >= 15 is 0 Å². The molecule has 0 spiro atoms. The van der Waals surface area contributed by atoms with E-state index in [0.717, 1.165) is 44.2 Å². The smallest absolute Gasteiger partial charge is 0.225 e. The Morgan fingerprint density at radius 2 is 1.84 bits per heavy atom. The molecule has 5 nitrogen and oxygen atoms in total. The molecule has 2 aliphatic rings. The highest BCUT2D eigenvalue weighted by Crippen LogP contribution is 2.27. The highest BCUT2D eigenvalue weighted by atomic mass is 16.3. The number of aliphatic hydroxyl groups is 1. The Hall–Kier alpha value is -1.88. The van der Waals surface area contributed by atoms with Gasteiger partial charge in [0.25, 0.3) is 0 Å². The van der Waals surface area contributed by atoms with Crippen LogP contribution in [-0.4, -0.2) is 41.0 Å². The Balaban J connectivity index is 1.44. The maximum Gasteiger partial charge on any atom is 0.225 e. The van der Waals surface area contributed by atoms with Gasteiger partial charge in [0, 0.05) is 25.0 Å². The highest BCUT2D eigenvalue weighted by Gasteiger charge is 2.32. The van der Waals surface area contributed by atoms with E-state index < -0.39 is 6.10 Å². The van der Waals surface area contributed by atoms with Crippen LogP contribution in [0.4, 0.5) is 0 Å². The quantitative estimate of drug-likeness (QED) is 0.862. The number of amides is 2. The molecule has 136 valence electrons. The Kier molecular flexibility index (Phi) is 6.08. The molecule has 2 amide bonds. The molecule has 25 heavy (non-hydrogen) atoms. The molecular weight excluding hydrogens is 316 g/mol.